The Morgan fingerprint density at radius 3 is 2.35 bits per heavy atom. The van der Waals surface area contributed by atoms with E-state index in [4.69, 9.17) is 9.47 Å². The summed E-state index contributed by atoms with van der Waals surface area (Å²) in [5.74, 6) is 1.64. The average molecular weight is 397 g/mol. The zero-order valence-corrected chi connectivity index (χ0v) is 16.5. The molecule has 1 saturated heterocycles. The summed E-state index contributed by atoms with van der Waals surface area (Å²) in [6, 6.07) is 11.0. The smallest absolute Gasteiger partial charge is 0.252 e. The quantitative estimate of drug-likeness (QED) is 0.642. The van der Waals surface area contributed by atoms with Crippen LogP contribution in [0.2, 0.25) is 0 Å². The van der Waals surface area contributed by atoms with Gasteiger partial charge in [-0.05, 0) is 42.1 Å². The third kappa shape index (κ3) is 4.76. The molecule has 1 aromatic heterocycles. The summed E-state index contributed by atoms with van der Waals surface area (Å²) in [4.78, 5) is 2.29. The highest BCUT2D eigenvalue weighted by atomic mass is 32.2. The highest BCUT2D eigenvalue weighted by molar-refractivity contribution is 7.91. The van der Waals surface area contributed by atoms with E-state index in [9.17, 15) is 8.42 Å². The molecular weight excluding hydrogens is 372 g/mol. The second-order valence-corrected chi connectivity index (χ2v) is 9.17. The van der Waals surface area contributed by atoms with Crippen LogP contribution in [0.15, 0.2) is 46.0 Å². The molecule has 1 aliphatic heterocycles. The topological polar surface area (TPSA) is 59.1 Å². The Bertz CT molecular complexity index is 768. The molecule has 0 N–H and O–H groups in total. The molecule has 26 heavy (non-hydrogen) atoms. The van der Waals surface area contributed by atoms with Crippen molar-refractivity contribution < 1.29 is 17.9 Å². The average Bonchev–Trinajstić information content (AvgIpc) is 3.22. The van der Waals surface area contributed by atoms with Gasteiger partial charge in [-0.15, -0.1) is 11.3 Å². The van der Waals surface area contributed by atoms with Gasteiger partial charge in [0.05, 0.1) is 13.7 Å². The molecule has 1 aliphatic rings. The fourth-order valence-corrected chi connectivity index (χ4v) is 5.45. The Labute approximate surface area is 159 Å². The van der Waals surface area contributed by atoms with Gasteiger partial charge in [0.2, 0.25) is 0 Å². The number of hydrogen-bond acceptors (Lipinski definition) is 6. The van der Waals surface area contributed by atoms with Gasteiger partial charge in [0.25, 0.3) is 10.0 Å². The van der Waals surface area contributed by atoms with Gasteiger partial charge in [-0.1, -0.05) is 6.07 Å². The lowest BCUT2D eigenvalue weighted by Gasteiger charge is -2.33. The maximum absolute atomic E-state index is 12.5. The van der Waals surface area contributed by atoms with E-state index in [1.165, 1.54) is 11.3 Å². The van der Waals surface area contributed by atoms with Gasteiger partial charge in [-0.3, -0.25) is 0 Å². The molecule has 3 rings (SSSR count). The van der Waals surface area contributed by atoms with Gasteiger partial charge in [0.1, 0.15) is 15.7 Å². The summed E-state index contributed by atoms with van der Waals surface area (Å²) in [7, 11) is -1.68. The molecule has 6 nitrogen and oxygen atoms in total. The van der Waals surface area contributed by atoms with Crippen LogP contribution in [-0.2, 0) is 10.0 Å². The van der Waals surface area contributed by atoms with E-state index in [0.717, 1.165) is 37.6 Å². The van der Waals surface area contributed by atoms with Gasteiger partial charge in [0.15, 0.2) is 0 Å². The zero-order valence-electron chi connectivity index (χ0n) is 14.8. The second kappa shape index (κ2) is 8.85. The molecule has 0 bridgehead atoms. The molecule has 0 radical (unpaired) electrons. The van der Waals surface area contributed by atoms with E-state index in [0.29, 0.717) is 23.9 Å². The summed E-state index contributed by atoms with van der Waals surface area (Å²) in [6.45, 7) is 4.14. The van der Waals surface area contributed by atoms with Crippen molar-refractivity contribution in [2.24, 2.45) is 0 Å². The number of thiophene rings is 1. The van der Waals surface area contributed by atoms with Crippen LogP contribution in [0.5, 0.6) is 11.5 Å². The van der Waals surface area contributed by atoms with Crippen LogP contribution in [-0.4, -0.2) is 64.1 Å². The third-order valence-electron chi connectivity index (χ3n) is 4.37. The van der Waals surface area contributed by atoms with Crippen molar-refractivity contribution in [2.45, 2.75) is 10.6 Å². The largest absolute Gasteiger partial charge is 0.497 e. The molecule has 2 aromatic rings. The SMILES string of the molecule is COc1ccc(OCCCN2CCN(S(=O)(=O)c3cccs3)CC2)cc1. The predicted molar refractivity (Wildman–Crippen MR) is 103 cm³/mol. The highest BCUT2D eigenvalue weighted by Gasteiger charge is 2.28. The van der Waals surface area contributed by atoms with Crippen LogP contribution >= 0.6 is 11.3 Å². The molecule has 1 fully saturated rings. The Morgan fingerprint density at radius 2 is 1.73 bits per heavy atom. The summed E-state index contributed by atoms with van der Waals surface area (Å²) in [6.07, 6.45) is 0.906. The van der Waals surface area contributed by atoms with E-state index >= 15 is 0 Å². The number of piperazine rings is 1. The number of ether oxygens (including phenoxy) is 2. The third-order valence-corrected chi connectivity index (χ3v) is 7.64. The lowest BCUT2D eigenvalue weighted by Crippen LogP contribution is -2.48. The van der Waals surface area contributed by atoms with Crippen LogP contribution in [0, 0.1) is 0 Å². The zero-order chi connectivity index (χ0) is 18.4. The summed E-state index contributed by atoms with van der Waals surface area (Å²) >= 11 is 1.27. The Kier molecular flexibility index (Phi) is 6.53. The molecule has 2 heterocycles. The van der Waals surface area contributed by atoms with Gasteiger partial charge < -0.3 is 14.4 Å². The normalized spacial score (nSPS) is 16.5. The summed E-state index contributed by atoms with van der Waals surface area (Å²) < 4.78 is 37.9. The first-order chi connectivity index (χ1) is 12.6. The number of benzene rings is 1. The van der Waals surface area contributed by atoms with Crippen LogP contribution in [0.3, 0.4) is 0 Å². The Morgan fingerprint density at radius 1 is 1.04 bits per heavy atom. The molecule has 1 aromatic carbocycles. The van der Waals surface area contributed by atoms with Crippen molar-refractivity contribution in [3.05, 3.63) is 41.8 Å². The van der Waals surface area contributed by atoms with Gasteiger partial charge >= 0.3 is 0 Å². The maximum Gasteiger partial charge on any atom is 0.252 e. The van der Waals surface area contributed by atoms with E-state index in [-0.39, 0.29) is 0 Å². The first kappa shape index (κ1) is 19.2. The van der Waals surface area contributed by atoms with E-state index < -0.39 is 10.0 Å². The van der Waals surface area contributed by atoms with Gasteiger partial charge in [-0.2, -0.15) is 4.31 Å². The number of hydrogen-bond donors (Lipinski definition) is 0. The Balaban J connectivity index is 1.37. The summed E-state index contributed by atoms with van der Waals surface area (Å²) in [5, 5.41) is 1.80. The lowest BCUT2D eigenvalue weighted by atomic mass is 10.3. The minimum absolute atomic E-state index is 0.429. The molecule has 8 heteroatoms. The van der Waals surface area contributed by atoms with E-state index in [1.807, 2.05) is 24.3 Å². The summed E-state index contributed by atoms with van der Waals surface area (Å²) in [5.41, 5.74) is 0. The molecule has 0 atom stereocenters. The lowest BCUT2D eigenvalue weighted by molar-refractivity contribution is 0.175. The van der Waals surface area contributed by atoms with Crippen molar-refractivity contribution in [3.63, 3.8) is 0 Å². The molecular formula is C18H24N2O4S2. The molecule has 0 amide bonds. The van der Waals surface area contributed by atoms with Crippen LogP contribution in [0.4, 0.5) is 0 Å². The van der Waals surface area contributed by atoms with Gasteiger partial charge in [0, 0.05) is 32.7 Å². The first-order valence-corrected chi connectivity index (χ1v) is 10.9. The number of sulfonamides is 1. The number of methoxy groups -OCH3 is 1. The van der Waals surface area contributed by atoms with Crippen molar-refractivity contribution >= 4 is 21.4 Å². The van der Waals surface area contributed by atoms with Crippen molar-refractivity contribution in [3.8, 4) is 11.5 Å². The van der Waals surface area contributed by atoms with Crippen LogP contribution in [0.25, 0.3) is 0 Å². The predicted octanol–water partition coefficient (Wildman–Crippen LogP) is 2.53. The van der Waals surface area contributed by atoms with Crippen molar-refractivity contribution in [1.29, 1.82) is 0 Å². The standard InChI is InChI=1S/C18H24N2O4S2/c1-23-16-5-7-17(8-6-16)24-14-3-9-19-10-12-20(13-11-19)26(21,22)18-4-2-15-25-18/h2,4-8,15H,3,9-14H2,1H3. The molecule has 0 unspecified atom stereocenters. The van der Waals surface area contributed by atoms with E-state index in [1.54, 1.807) is 28.9 Å². The van der Waals surface area contributed by atoms with Gasteiger partial charge in [-0.25, -0.2) is 8.42 Å². The first-order valence-electron chi connectivity index (χ1n) is 8.62. The van der Waals surface area contributed by atoms with Crippen LogP contribution < -0.4 is 9.47 Å². The molecule has 0 saturated carbocycles. The monoisotopic (exact) mass is 396 g/mol. The van der Waals surface area contributed by atoms with Crippen molar-refractivity contribution in [2.75, 3.05) is 46.4 Å². The fourth-order valence-electron chi connectivity index (χ4n) is 2.88. The minimum Gasteiger partial charge on any atom is -0.497 e. The van der Waals surface area contributed by atoms with Crippen LogP contribution in [0.1, 0.15) is 6.42 Å². The molecule has 0 spiro atoms. The van der Waals surface area contributed by atoms with E-state index in [2.05, 4.69) is 4.90 Å². The number of nitrogens with zero attached hydrogens (tertiary/aromatic N) is 2. The molecule has 142 valence electrons. The minimum atomic E-state index is -3.32. The second-order valence-electron chi connectivity index (χ2n) is 6.06. The number of rotatable bonds is 8. The van der Waals surface area contributed by atoms with Crippen molar-refractivity contribution in [1.82, 2.24) is 9.21 Å². The maximum atomic E-state index is 12.5. The highest BCUT2D eigenvalue weighted by Crippen LogP contribution is 2.22. The fraction of sp³-hybridized carbons (Fsp3) is 0.444. The Hall–Kier alpha value is -1.61. The molecule has 0 aliphatic carbocycles.